The SMILES string of the molecule is O=[N+]([O-])c1cc(F)c(Br)cc1NCCOCCO. The molecule has 0 saturated heterocycles. The van der Waals surface area contributed by atoms with Crippen molar-refractivity contribution in [2.45, 2.75) is 0 Å². The van der Waals surface area contributed by atoms with Crippen molar-refractivity contribution in [3.8, 4) is 0 Å². The molecule has 0 unspecified atom stereocenters. The zero-order chi connectivity index (χ0) is 13.5. The normalized spacial score (nSPS) is 10.4. The van der Waals surface area contributed by atoms with E-state index >= 15 is 0 Å². The van der Waals surface area contributed by atoms with Gasteiger partial charge in [0.25, 0.3) is 5.69 Å². The number of nitrogens with one attached hydrogen (secondary N) is 1. The third-order valence-electron chi connectivity index (χ3n) is 2.03. The molecule has 0 bridgehead atoms. The van der Waals surface area contributed by atoms with Crippen LogP contribution in [0.5, 0.6) is 0 Å². The van der Waals surface area contributed by atoms with E-state index in [0.717, 1.165) is 6.07 Å². The summed E-state index contributed by atoms with van der Waals surface area (Å²) in [7, 11) is 0. The molecule has 0 radical (unpaired) electrons. The van der Waals surface area contributed by atoms with Crippen molar-refractivity contribution in [2.75, 3.05) is 31.7 Å². The van der Waals surface area contributed by atoms with Crippen LogP contribution < -0.4 is 5.32 Å². The fourth-order valence-corrected chi connectivity index (χ4v) is 1.60. The molecule has 8 heteroatoms. The van der Waals surface area contributed by atoms with Gasteiger partial charge in [-0.15, -0.1) is 0 Å². The van der Waals surface area contributed by atoms with E-state index in [1.807, 2.05) is 0 Å². The molecule has 0 aliphatic heterocycles. The van der Waals surface area contributed by atoms with E-state index < -0.39 is 10.7 Å². The van der Waals surface area contributed by atoms with Crippen molar-refractivity contribution in [1.82, 2.24) is 0 Å². The smallest absolute Gasteiger partial charge is 0.295 e. The molecule has 0 heterocycles. The van der Waals surface area contributed by atoms with Crippen LogP contribution in [0, 0.1) is 15.9 Å². The predicted octanol–water partition coefficient (Wildman–Crippen LogP) is 1.92. The Morgan fingerprint density at radius 3 is 2.83 bits per heavy atom. The van der Waals surface area contributed by atoms with Gasteiger partial charge < -0.3 is 15.2 Å². The van der Waals surface area contributed by atoms with Crippen LogP contribution in [0.15, 0.2) is 16.6 Å². The number of hydrogen-bond acceptors (Lipinski definition) is 5. The lowest BCUT2D eigenvalue weighted by Crippen LogP contribution is -2.12. The first-order valence-electron chi connectivity index (χ1n) is 5.12. The number of nitro benzene ring substituents is 1. The number of anilines is 1. The Morgan fingerprint density at radius 1 is 1.50 bits per heavy atom. The van der Waals surface area contributed by atoms with Gasteiger partial charge in [0, 0.05) is 6.54 Å². The van der Waals surface area contributed by atoms with Gasteiger partial charge in [-0.3, -0.25) is 10.1 Å². The van der Waals surface area contributed by atoms with E-state index in [1.54, 1.807) is 0 Å². The number of hydrogen-bond donors (Lipinski definition) is 2. The van der Waals surface area contributed by atoms with Gasteiger partial charge in [-0.1, -0.05) is 0 Å². The summed E-state index contributed by atoms with van der Waals surface area (Å²) in [4.78, 5) is 10.1. The van der Waals surface area contributed by atoms with E-state index in [1.165, 1.54) is 6.07 Å². The summed E-state index contributed by atoms with van der Waals surface area (Å²) in [5.74, 6) is -0.691. The number of nitro groups is 1. The second-order valence-corrected chi connectivity index (χ2v) is 4.16. The summed E-state index contributed by atoms with van der Waals surface area (Å²) in [6.07, 6.45) is 0. The van der Waals surface area contributed by atoms with Crippen LogP contribution >= 0.6 is 15.9 Å². The van der Waals surface area contributed by atoms with E-state index in [0.29, 0.717) is 6.54 Å². The Hall–Kier alpha value is -1.25. The molecule has 0 atom stereocenters. The maximum Gasteiger partial charge on any atom is 0.295 e. The minimum absolute atomic E-state index is 0.0811. The molecule has 100 valence electrons. The Morgan fingerprint density at radius 2 is 2.22 bits per heavy atom. The van der Waals surface area contributed by atoms with E-state index in [2.05, 4.69) is 21.2 Å². The zero-order valence-electron chi connectivity index (χ0n) is 9.36. The molecule has 0 aliphatic rings. The Balaban J connectivity index is 2.68. The summed E-state index contributed by atoms with van der Waals surface area (Å²) in [5, 5.41) is 22.0. The number of halogens is 2. The Bertz CT molecular complexity index is 431. The van der Waals surface area contributed by atoms with Crippen LogP contribution in [0.25, 0.3) is 0 Å². The summed E-state index contributed by atoms with van der Waals surface area (Å²) < 4.78 is 18.3. The minimum Gasteiger partial charge on any atom is -0.394 e. The topological polar surface area (TPSA) is 84.6 Å². The highest BCUT2D eigenvalue weighted by molar-refractivity contribution is 9.10. The lowest BCUT2D eigenvalue weighted by molar-refractivity contribution is -0.384. The quantitative estimate of drug-likeness (QED) is 0.455. The molecular weight excluding hydrogens is 311 g/mol. The van der Waals surface area contributed by atoms with Gasteiger partial charge in [-0.25, -0.2) is 4.39 Å². The highest BCUT2D eigenvalue weighted by atomic mass is 79.9. The number of aliphatic hydroxyl groups excluding tert-OH is 1. The number of benzene rings is 1. The molecule has 0 spiro atoms. The molecule has 2 N–H and O–H groups in total. The van der Waals surface area contributed by atoms with Crippen molar-refractivity contribution < 1.29 is 19.2 Å². The van der Waals surface area contributed by atoms with Gasteiger partial charge in [0.2, 0.25) is 0 Å². The molecule has 1 aromatic rings. The first kappa shape index (κ1) is 14.8. The van der Waals surface area contributed by atoms with E-state index in [-0.39, 0.29) is 35.7 Å². The predicted molar refractivity (Wildman–Crippen MR) is 67.1 cm³/mol. The van der Waals surface area contributed by atoms with E-state index in [9.17, 15) is 14.5 Å². The third-order valence-corrected chi connectivity index (χ3v) is 2.64. The fraction of sp³-hybridized carbons (Fsp3) is 0.400. The highest BCUT2D eigenvalue weighted by Gasteiger charge is 2.17. The molecule has 18 heavy (non-hydrogen) atoms. The van der Waals surface area contributed by atoms with Gasteiger partial charge in [-0.05, 0) is 22.0 Å². The maximum absolute atomic E-state index is 13.2. The monoisotopic (exact) mass is 322 g/mol. The molecular formula is C10H12BrFN2O4. The second kappa shape index (κ2) is 7.24. The van der Waals surface area contributed by atoms with Crippen LogP contribution in [-0.2, 0) is 4.74 Å². The Kier molecular flexibility index (Phi) is 5.96. The molecule has 0 aliphatic carbocycles. The average molecular weight is 323 g/mol. The van der Waals surface area contributed by atoms with E-state index in [4.69, 9.17) is 9.84 Å². The number of nitrogens with zero attached hydrogens (tertiary/aromatic N) is 1. The standard InChI is InChI=1S/C10H12BrFN2O4/c11-7-5-9(13-1-3-18-4-2-15)10(14(16)17)6-8(7)12/h5-6,13,15H,1-4H2. The molecule has 0 fully saturated rings. The Labute approximate surface area is 111 Å². The first-order chi connectivity index (χ1) is 8.56. The van der Waals surface area contributed by atoms with Crippen LogP contribution in [0.4, 0.5) is 15.8 Å². The third kappa shape index (κ3) is 4.21. The first-order valence-corrected chi connectivity index (χ1v) is 5.91. The van der Waals surface area contributed by atoms with Crippen LogP contribution in [0.2, 0.25) is 0 Å². The molecule has 0 saturated carbocycles. The van der Waals surface area contributed by atoms with Gasteiger partial charge in [-0.2, -0.15) is 0 Å². The van der Waals surface area contributed by atoms with Crippen LogP contribution in [-0.4, -0.2) is 36.4 Å². The van der Waals surface area contributed by atoms with Gasteiger partial charge in [0.15, 0.2) is 0 Å². The molecule has 6 nitrogen and oxygen atoms in total. The summed E-state index contributed by atoms with van der Waals surface area (Å²) >= 11 is 2.96. The largest absolute Gasteiger partial charge is 0.394 e. The molecule has 0 amide bonds. The van der Waals surface area contributed by atoms with Crippen molar-refractivity contribution >= 4 is 27.3 Å². The lowest BCUT2D eigenvalue weighted by atomic mass is 10.2. The minimum atomic E-state index is -0.691. The molecule has 1 aromatic carbocycles. The number of aliphatic hydroxyl groups is 1. The summed E-state index contributed by atoms with van der Waals surface area (Å²) in [5.41, 5.74) is -0.126. The van der Waals surface area contributed by atoms with Crippen molar-refractivity contribution in [3.63, 3.8) is 0 Å². The second-order valence-electron chi connectivity index (χ2n) is 3.30. The van der Waals surface area contributed by atoms with Crippen LogP contribution in [0.3, 0.4) is 0 Å². The van der Waals surface area contributed by atoms with Crippen LogP contribution in [0.1, 0.15) is 0 Å². The number of rotatable bonds is 7. The van der Waals surface area contributed by atoms with Gasteiger partial charge in [0.1, 0.15) is 11.5 Å². The molecule has 0 aromatic heterocycles. The van der Waals surface area contributed by atoms with Gasteiger partial charge in [0.05, 0.1) is 35.3 Å². The van der Waals surface area contributed by atoms with Crippen molar-refractivity contribution in [1.29, 1.82) is 0 Å². The summed E-state index contributed by atoms with van der Waals surface area (Å²) in [6, 6.07) is 2.15. The lowest BCUT2D eigenvalue weighted by Gasteiger charge is -2.08. The zero-order valence-corrected chi connectivity index (χ0v) is 10.9. The fourth-order valence-electron chi connectivity index (χ4n) is 1.25. The average Bonchev–Trinajstić information content (AvgIpc) is 2.32. The van der Waals surface area contributed by atoms with Crippen molar-refractivity contribution in [3.05, 3.63) is 32.5 Å². The van der Waals surface area contributed by atoms with Gasteiger partial charge >= 0.3 is 0 Å². The number of ether oxygens (including phenoxy) is 1. The highest BCUT2D eigenvalue weighted by Crippen LogP contribution is 2.30. The molecule has 1 rings (SSSR count). The maximum atomic E-state index is 13.2. The summed E-state index contributed by atoms with van der Waals surface area (Å²) in [6.45, 7) is 0.727. The van der Waals surface area contributed by atoms with Crippen molar-refractivity contribution in [2.24, 2.45) is 0 Å².